The molecule has 0 spiro atoms. The van der Waals surface area contributed by atoms with E-state index in [0.29, 0.717) is 6.61 Å². The average Bonchev–Trinajstić information content (AvgIpc) is 2.06. The molecule has 0 aliphatic carbocycles. The Bertz CT molecular complexity index is 201. The first-order valence-electron chi connectivity index (χ1n) is 4.29. The van der Waals surface area contributed by atoms with Gasteiger partial charge in [0.05, 0.1) is 6.61 Å². The molecule has 0 aromatic heterocycles. The monoisotopic (exact) mass is 169 g/mol. The minimum absolute atomic E-state index is 0.194. The van der Waals surface area contributed by atoms with Gasteiger partial charge in [0, 0.05) is 0 Å². The summed E-state index contributed by atoms with van der Waals surface area (Å²) in [4.78, 5) is 11.4. The molecule has 1 rings (SSSR count). The molecule has 0 amide bonds. The smallest absolute Gasteiger partial charge is 0.330 e. The van der Waals surface area contributed by atoms with E-state index in [1.54, 1.807) is 0 Å². The van der Waals surface area contributed by atoms with Gasteiger partial charge in [-0.25, -0.2) is 4.79 Å². The molecule has 68 valence electrons. The van der Waals surface area contributed by atoms with Gasteiger partial charge in [-0.05, 0) is 26.8 Å². The summed E-state index contributed by atoms with van der Waals surface area (Å²) in [7, 11) is 0. The molecule has 0 aromatic carbocycles. The lowest BCUT2D eigenvalue weighted by molar-refractivity contribution is -0.148. The predicted octanol–water partition coefficient (Wildman–Crippen LogP) is 0.858. The van der Waals surface area contributed by atoms with E-state index in [2.05, 4.69) is 5.32 Å². The molecule has 0 aromatic rings. The molecule has 1 atom stereocenters. The standard InChI is InChI=1S/C9H15NO2/c1-3-12-8(11)9(2)6-4-5-7-10-9/h4,6,10H,3,5,7H2,1-2H3. The first-order valence-corrected chi connectivity index (χ1v) is 4.29. The second kappa shape index (κ2) is 3.72. The molecule has 1 heterocycles. The minimum atomic E-state index is -0.603. The summed E-state index contributed by atoms with van der Waals surface area (Å²) in [6, 6.07) is 0. The van der Waals surface area contributed by atoms with Crippen molar-refractivity contribution in [1.29, 1.82) is 0 Å². The van der Waals surface area contributed by atoms with Crippen LogP contribution in [0.1, 0.15) is 20.3 Å². The quantitative estimate of drug-likeness (QED) is 0.492. The number of carbonyl (C=O) groups excluding carboxylic acids is 1. The summed E-state index contributed by atoms with van der Waals surface area (Å²) in [6.45, 7) is 4.92. The fourth-order valence-electron chi connectivity index (χ4n) is 1.21. The third-order valence-corrected chi connectivity index (χ3v) is 1.95. The average molecular weight is 169 g/mol. The van der Waals surface area contributed by atoms with Crippen LogP contribution in [0, 0.1) is 0 Å². The maximum Gasteiger partial charge on any atom is 0.330 e. The van der Waals surface area contributed by atoms with Crippen LogP contribution < -0.4 is 5.32 Å². The molecule has 1 aliphatic heterocycles. The van der Waals surface area contributed by atoms with Gasteiger partial charge in [-0.2, -0.15) is 0 Å². The van der Waals surface area contributed by atoms with Crippen LogP contribution in [0.4, 0.5) is 0 Å². The highest BCUT2D eigenvalue weighted by atomic mass is 16.5. The van der Waals surface area contributed by atoms with Crippen molar-refractivity contribution in [3.8, 4) is 0 Å². The third-order valence-electron chi connectivity index (χ3n) is 1.95. The van der Waals surface area contributed by atoms with Crippen LogP contribution in [0.3, 0.4) is 0 Å². The summed E-state index contributed by atoms with van der Waals surface area (Å²) in [5.41, 5.74) is -0.603. The number of hydrogen-bond acceptors (Lipinski definition) is 3. The summed E-state index contributed by atoms with van der Waals surface area (Å²) < 4.78 is 4.93. The topological polar surface area (TPSA) is 38.3 Å². The number of rotatable bonds is 2. The fourth-order valence-corrected chi connectivity index (χ4v) is 1.21. The summed E-state index contributed by atoms with van der Waals surface area (Å²) in [5, 5.41) is 3.12. The molecule has 1 unspecified atom stereocenters. The first-order chi connectivity index (χ1) is 5.69. The van der Waals surface area contributed by atoms with Crippen LogP contribution in [-0.4, -0.2) is 24.7 Å². The first kappa shape index (κ1) is 9.26. The Hall–Kier alpha value is -0.830. The van der Waals surface area contributed by atoms with Crippen molar-refractivity contribution in [2.24, 2.45) is 0 Å². The Morgan fingerprint density at radius 3 is 3.00 bits per heavy atom. The Balaban J connectivity index is 2.63. The third kappa shape index (κ3) is 1.85. The molecule has 0 saturated heterocycles. The van der Waals surface area contributed by atoms with Crippen molar-refractivity contribution < 1.29 is 9.53 Å². The highest BCUT2D eigenvalue weighted by molar-refractivity contribution is 5.83. The second-order valence-electron chi connectivity index (χ2n) is 3.04. The van der Waals surface area contributed by atoms with E-state index in [0.717, 1.165) is 13.0 Å². The van der Waals surface area contributed by atoms with Crippen molar-refractivity contribution in [2.45, 2.75) is 25.8 Å². The molecule has 3 heteroatoms. The fraction of sp³-hybridized carbons (Fsp3) is 0.667. The summed E-state index contributed by atoms with van der Waals surface area (Å²) >= 11 is 0. The highest BCUT2D eigenvalue weighted by Gasteiger charge is 2.32. The second-order valence-corrected chi connectivity index (χ2v) is 3.04. The van der Waals surface area contributed by atoms with Crippen LogP contribution >= 0.6 is 0 Å². The highest BCUT2D eigenvalue weighted by Crippen LogP contribution is 2.12. The molecule has 12 heavy (non-hydrogen) atoms. The van der Waals surface area contributed by atoms with E-state index in [-0.39, 0.29) is 5.97 Å². The van der Waals surface area contributed by atoms with Crippen LogP contribution in [0.5, 0.6) is 0 Å². The van der Waals surface area contributed by atoms with E-state index in [9.17, 15) is 4.79 Å². The van der Waals surface area contributed by atoms with Gasteiger partial charge in [0.2, 0.25) is 0 Å². The molecular formula is C9H15NO2. The normalized spacial score (nSPS) is 28.5. The van der Waals surface area contributed by atoms with Crippen molar-refractivity contribution in [3.63, 3.8) is 0 Å². The van der Waals surface area contributed by atoms with Gasteiger partial charge in [0.15, 0.2) is 0 Å². The van der Waals surface area contributed by atoms with Gasteiger partial charge in [-0.3, -0.25) is 5.32 Å². The maximum absolute atomic E-state index is 11.4. The van der Waals surface area contributed by atoms with E-state index in [4.69, 9.17) is 4.74 Å². The Kier molecular flexibility index (Phi) is 2.87. The number of hydrogen-bond donors (Lipinski definition) is 1. The Morgan fingerprint density at radius 1 is 1.75 bits per heavy atom. The van der Waals surface area contributed by atoms with Gasteiger partial charge in [0.1, 0.15) is 5.54 Å². The lowest BCUT2D eigenvalue weighted by Gasteiger charge is -2.27. The largest absolute Gasteiger partial charge is 0.464 e. The number of nitrogens with one attached hydrogen (secondary N) is 1. The van der Waals surface area contributed by atoms with Crippen LogP contribution in [0.15, 0.2) is 12.2 Å². The van der Waals surface area contributed by atoms with E-state index >= 15 is 0 Å². The van der Waals surface area contributed by atoms with Crippen molar-refractivity contribution in [2.75, 3.05) is 13.2 Å². The molecular weight excluding hydrogens is 154 g/mol. The number of carbonyl (C=O) groups is 1. The lowest BCUT2D eigenvalue weighted by Crippen LogP contribution is -2.50. The van der Waals surface area contributed by atoms with Gasteiger partial charge in [-0.15, -0.1) is 0 Å². The van der Waals surface area contributed by atoms with Crippen molar-refractivity contribution in [1.82, 2.24) is 5.32 Å². The van der Waals surface area contributed by atoms with Gasteiger partial charge >= 0.3 is 5.97 Å². The number of ether oxygens (including phenoxy) is 1. The molecule has 0 bridgehead atoms. The zero-order valence-corrected chi connectivity index (χ0v) is 7.59. The summed E-state index contributed by atoms with van der Waals surface area (Å²) in [5.74, 6) is -0.194. The SMILES string of the molecule is CCOC(=O)C1(C)C=CCCN1. The zero-order chi connectivity index (χ0) is 9.03. The molecule has 1 N–H and O–H groups in total. The maximum atomic E-state index is 11.4. The molecule has 1 aliphatic rings. The van der Waals surface area contributed by atoms with E-state index < -0.39 is 5.54 Å². The lowest BCUT2D eigenvalue weighted by atomic mass is 9.98. The molecule has 3 nitrogen and oxygen atoms in total. The van der Waals surface area contributed by atoms with Crippen LogP contribution in [-0.2, 0) is 9.53 Å². The summed E-state index contributed by atoms with van der Waals surface area (Å²) in [6.07, 6.45) is 4.86. The van der Waals surface area contributed by atoms with E-state index in [1.165, 1.54) is 0 Å². The predicted molar refractivity (Wildman–Crippen MR) is 46.8 cm³/mol. The van der Waals surface area contributed by atoms with Crippen LogP contribution in [0.25, 0.3) is 0 Å². The van der Waals surface area contributed by atoms with Crippen molar-refractivity contribution in [3.05, 3.63) is 12.2 Å². The molecule has 0 saturated carbocycles. The van der Waals surface area contributed by atoms with Gasteiger partial charge in [-0.1, -0.05) is 12.2 Å². The van der Waals surface area contributed by atoms with E-state index in [1.807, 2.05) is 26.0 Å². The molecule has 0 radical (unpaired) electrons. The number of esters is 1. The molecule has 0 fully saturated rings. The van der Waals surface area contributed by atoms with Gasteiger partial charge in [0.25, 0.3) is 0 Å². The van der Waals surface area contributed by atoms with Gasteiger partial charge < -0.3 is 4.74 Å². The van der Waals surface area contributed by atoms with Crippen LogP contribution in [0.2, 0.25) is 0 Å². The Labute approximate surface area is 72.8 Å². The Morgan fingerprint density at radius 2 is 2.50 bits per heavy atom. The zero-order valence-electron chi connectivity index (χ0n) is 7.59. The van der Waals surface area contributed by atoms with Crippen molar-refractivity contribution >= 4 is 5.97 Å². The minimum Gasteiger partial charge on any atom is -0.464 e.